The quantitative estimate of drug-likeness (QED) is 0.864. The zero-order chi connectivity index (χ0) is 14.7. The summed E-state index contributed by atoms with van der Waals surface area (Å²) in [5.41, 5.74) is 8.01. The number of nitrogens with two attached hydrogens (primary N) is 1. The lowest BCUT2D eigenvalue weighted by Gasteiger charge is -2.47. The van der Waals surface area contributed by atoms with E-state index in [1.54, 1.807) is 0 Å². The van der Waals surface area contributed by atoms with E-state index in [-0.39, 0.29) is 0 Å². The highest BCUT2D eigenvalue weighted by Gasteiger charge is 2.32. The molecule has 3 rings (SSSR count). The van der Waals surface area contributed by atoms with Crippen molar-refractivity contribution in [1.29, 1.82) is 0 Å². The van der Waals surface area contributed by atoms with Gasteiger partial charge < -0.3 is 5.73 Å². The SMILES string of the molecule is CC1CN2CCCCC2CN1CCCc1ccc(N)cc1. The second-order valence-electron chi connectivity index (χ2n) is 6.83. The molecule has 2 heterocycles. The molecule has 3 nitrogen and oxygen atoms in total. The molecule has 2 aliphatic rings. The number of rotatable bonds is 4. The number of aryl methyl sites for hydroxylation is 1. The monoisotopic (exact) mass is 287 g/mol. The lowest BCUT2D eigenvalue weighted by atomic mass is 9.97. The van der Waals surface area contributed by atoms with Crippen molar-refractivity contribution in [3.8, 4) is 0 Å². The number of nitrogens with zero attached hydrogens (tertiary/aromatic N) is 2. The van der Waals surface area contributed by atoms with Crippen molar-refractivity contribution in [2.45, 2.75) is 51.1 Å². The second kappa shape index (κ2) is 6.80. The molecule has 0 saturated carbocycles. The number of benzene rings is 1. The van der Waals surface area contributed by atoms with E-state index in [9.17, 15) is 0 Å². The first-order valence-corrected chi connectivity index (χ1v) is 8.55. The first kappa shape index (κ1) is 14.9. The molecule has 3 heteroatoms. The number of fused-ring (bicyclic) bond motifs is 1. The molecule has 0 bridgehead atoms. The van der Waals surface area contributed by atoms with Crippen LogP contribution in [0.15, 0.2) is 24.3 Å². The van der Waals surface area contributed by atoms with Gasteiger partial charge in [-0.25, -0.2) is 0 Å². The van der Waals surface area contributed by atoms with Gasteiger partial charge in [0.2, 0.25) is 0 Å². The van der Waals surface area contributed by atoms with Gasteiger partial charge >= 0.3 is 0 Å². The van der Waals surface area contributed by atoms with Crippen LogP contribution in [0.5, 0.6) is 0 Å². The Hall–Kier alpha value is -1.06. The minimum absolute atomic E-state index is 0.714. The van der Waals surface area contributed by atoms with E-state index < -0.39 is 0 Å². The zero-order valence-corrected chi connectivity index (χ0v) is 13.3. The molecule has 0 amide bonds. The van der Waals surface area contributed by atoms with E-state index >= 15 is 0 Å². The molecule has 0 aliphatic carbocycles. The molecule has 0 spiro atoms. The van der Waals surface area contributed by atoms with Gasteiger partial charge in [-0.15, -0.1) is 0 Å². The normalized spacial score (nSPS) is 27.5. The minimum atomic E-state index is 0.714. The molecule has 2 aliphatic heterocycles. The highest BCUT2D eigenvalue weighted by atomic mass is 15.3. The van der Waals surface area contributed by atoms with E-state index in [4.69, 9.17) is 5.73 Å². The van der Waals surface area contributed by atoms with Crippen LogP contribution in [0.2, 0.25) is 0 Å². The Morgan fingerprint density at radius 1 is 1.14 bits per heavy atom. The van der Waals surface area contributed by atoms with Gasteiger partial charge in [0.15, 0.2) is 0 Å². The highest BCUT2D eigenvalue weighted by molar-refractivity contribution is 5.39. The summed E-state index contributed by atoms with van der Waals surface area (Å²) >= 11 is 0. The Balaban J connectivity index is 1.47. The number of piperidine rings is 1. The third kappa shape index (κ3) is 3.78. The fourth-order valence-corrected chi connectivity index (χ4v) is 3.89. The topological polar surface area (TPSA) is 32.5 Å². The molecule has 2 N–H and O–H groups in total. The summed E-state index contributed by atoms with van der Waals surface area (Å²) in [6, 6.07) is 9.89. The van der Waals surface area contributed by atoms with Gasteiger partial charge in [-0.1, -0.05) is 18.6 Å². The van der Waals surface area contributed by atoms with Gasteiger partial charge in [0.1, 0.15) is 0 Å². The highest BCUT2D eigenvalue weighted by Crippen LogP contribution is 2.24. The van der Waals surface area contributed by atoms with E-state index in [1.165, 1.54) is 57.4 Å². The predicted molar refractivity (Wildman–Crippen MR) is 89.4 cm³/mol. The molecule has 116 valence electrons. The van der Waals surface area contributed by atoms with Crippen LogP contribution in [-0.4, -0.2) is 48.1 Å². The Bertz CT molecular complexity index is 442. The lowest BCUT2D eigenvalue weighted by Crippen LogP contribution is -2.58. The van der Waals surface area contributed by atoms with Gasteiger partial charge in [0.05, 0.1) is 0 Å². The third-order valence-electron chi connectivity index (χ3n) is 5.21. The fourth-order valence-electron chi connectivity index (χ4n) is 3.89. The van der Waals surface area contributed by atoms with Gasteiger partial charge in [-0.05, 0) is 63.4 Å². The second-order valence-corrected chi connectivity index (χ2v) is 6.83. The van der Waals surface area contributed by atoms with Gasteiger partial charge in [-0.3, -0.25) is 9.80 Å². The lowest BCUT2D eigenvalue weighted by molar-refractivity contribution is 0.0149. The third-order valence-corrected chi connectivity index (χ3v) is 5.21. The minimum Gasteiger partial charge on any atom is -0.399 e. The van der Waals surface area contributed by atoms with Gasteiger partial charge in [0, 0.05) is 30.9 Å². The van der Waals surface area contributed by atoms with Crippen LogP contribution >= 0.6 is 0 Å². The summed E-state index contributed by atoms with van der Waals surface area (Å²) in [6.45, 7) is 7.51. The molecule has 1 aromatic carbocycles. The van der Waals surface area contributed by atoms with E-state index in [0.717, 1.165) is 18.2 Å². The molecule has 21 heavy (non-hydrogen) atoms. The van der Waals surface area contributed by atoms with Crippen molar-refractivity contribution in [3.63, 3.8) is 0 Å². The average Bonchev–Trinajstić information content (AvgIpc) is 2.50. The molecular weight excluding hydrogens is 258 g/mol. The van der Waals surface area contributed by atoms with Crippen LogP contribution in [0, 0.1) is 0 Å². The van der Waals surface area contributed by atoms with E-state index in [1.807, 2.05) is 12.1 Å². The summed E-state index contributed by atoms with van der Waals surface area (Å²) in [7, 11) is 0. The molecular formula is C18H29N3. The number of nitrogen functional groups attached to an aromatic ring is 1. The molecule has 2 fully saturated rings. The van der Waals surface area contributed by atoms with Crippen LogP contribution < -0.4 is 5.73 Å². The predicted octanol–water partition coefficient (Wildman–Crippen LogP) is 2.76. The maximum Gasteiger partial charge on any atom is 0.0314 e. The first-order chi connectivity index (χ1) is 10.2. The summed E-state index contributed by atoms with van der Waals surface area (Å²) in [6.07, 6.45) is 6.65. The molecule has 2 saturated heterocycles. The van der Waals surface area contributed by atoms with Crippen molar-refractivity contribution in [1.82, 2.24) is 9.80 Å². The van der Waals surface area contributed by atoms with Crippen LogP contribution in [0.25, 0.3) is 0 Å². The van der Waals surface area contributed by atoms with Crippen LogP contribution in [0.1, 0.15) is 38.2 Å². The smallest absolute Gasteiger partial charge is 0.0314 e. The largest absolute Gasteiger partial charge is 0.399 e. The van der Waals surface area contributed by atoms with Crippen molar-refractivity contribution in [2.24, 2.45) is 0 Å². The Morgan fingerprint density at radius 3 is 2.76 bits per heavy atom. The summed E-state index contributed by atoms with van der Waals surface area (Å²) < 4.78 is 0. The number of anilines is 1. The number of hydrogen-bond acceptors (Lipinski definition) is 3. The van der Waals surface area contributed by atoms with Gasteiger partial charge in [0.25, 0.3) is 0 Å². The van der Waals surface area contributed by atoms with Crippen molar-refractivity contribution < 1.29 is 0 Å². The first-order valence-electron chi connectivity index (χ1n) is 8.55. The Morgan fingerprint density at radius 2 is 1.95 bits per heavy atom. The summed E-state index contributed by atoms with van der Waals surface area (Å²) in [4.78, 5) is 5.44. The molecule has 2 unspecified atom stereocenters. The standard InChI is InChI=1S/C18H29N3/c1-15-13-21-11-3-2-6-18(21)14-20(15)12-4-5-16-7-9-17(19)10-8-16/h7-10,15,18H,2-6,11-14,19H2,1H3. The summed E-state index contributed by atoms with van der Waals surface area (Å²) in [5.74, 6) is 0. The van der Waals surface area contributed by atoms with E-state index in [2.05, 4.69) is 28.9 Å². The van der Waals surface area contributed by atoms with Crippen molar-refractivity contribution >= 4 is 5.69 Å². The van der Waals surface area contributed by atoms with Crippen LogP contribution in [0.3, 0.4) is 0 Å². The Kier molecular flexibility index (Phi) is 4.81. The average molecular weight is 287 g/mol. The fraction of sp³-hybridized carbons (Fsp3) is 0.667. The summed E-state index contributed by atoms with van der Waals surface area (Å²) in [5, 5.41) is 0. The molecule has 0 aromatic heterocycles. The van der Waals surface area contributed by atoms with Gasteiger partial charge in [-0.2, -0.15) is 0 Å². The van der Waals surface area contributed by atoms with Crippen molar-refractivity contribution in [2.75, 3.05) is 31.9 Å². The molecule has 2 atom stereocenters. The maximum atomic E-state index is 5.74. The number of hydrogen-bond donors (Lipinski definition) is 1. The van der Waals surface area contributed by atoms with Crippen LogP contribution in [0.4, 0.5) is 5.69 Å². The number of piperazine rings is 1. The van der Waals surface area contributed by atoms with Crippen molar-refractivity contribution in [3.05, 3.63) is 29.8 Å². The maximum absolute atomic E-state index is 5.74. The zero-order valence-electron chi connectivity index (χ0n) is 13.3. The molecule has 1 aromatic rings. The van der Waals surface area contributed by atoms with E-state index in [0.29, 0.717) is 6.04 Å². The Labute approximate surface area is 129 Å². The van der Waals surface area contributed by atoms with Crippen LogP contribution in [-0.2, 0) is 6.42 Å². The molecule has 0 radical (unpaired) electrons.